The van der Waals surface area contributed by atoms with Crippen LogP contribution in [0.1, 0.15) is 12.0 Å². The molecule has 0 unspecified atom stereocenters. The van der Waals surface area contributed by atoms with Gasteiger partial charge in [0.1, 0.15) is 4.99 Å². The van der Waals surface area contributed by atoms with Crippen LogP contribution < -0.4 is 16.0 Å². The first-order valence-corrected chi connectivity index (χ1v) is 7.27. The molecule has 1 aromatic carbocycles. The topological polar surface area (TPSA) is 71.2 Å². The zero-order valence-electron chi connectivity index (χ0n) is 11.5. The van der Waals surface area contributed by atoms with Crippen molar-refractivity contribution >= 4 is 39.7 Å². The Labute approximate surface area is 128 Å². The maximum atomic E-state index is 11.5. The van der Waals surface area contributed by atoms with E-state index in [-0.39, 0.29) is 5.91 Å². The molecular weight excluding hydrogens is 284 g/mol. The molecule has 3 rings (SSSR count). The summed E-state index contributed by atoms with van der Waals surface area (Å²) in [4.78, 5) is 18.5. The predicted octanol–water partition coefficient (Wildman–Crippen LogP) is 1.20. The summed E-state index contributed by atoms with van der Waals surface area (Å²) in [5.41, 5.74) is 8.50. The van der Waals surface area contributed by atoms with Crippen molar-refractivity contribution in [2.24, 2.45) is 5.73 Å². The first-order chi connectivity index (χ1) is 10.2. The Kier molecular flexibility index (Phi) is 3.70. The maximum absolute atomic E-state index is 11.5. The molecule has 21 heavy (non-hydrogen) atoms. The highest BCUT2D eigenvalue weighted by Gasteiger charge is 2.20. The predicted molar refractivity (Wildman–Crippen MR) is 87.5 cm³/mol. The lowest BCUT2D eigenvalue weighted by molar-refractivity contribution is -0.120. The maximum Gasteiger partial charge on any atom is 0.221 e. The van der Waals surface area contributed by atoms with Gasteiger partial charge in [0.15, 0.2) is 0 Å². The number of pyridine rings is 1. The minimum Gasteiger partial charge on any atom is -0.389 e. The van der Waals surface area contributed by atoms with Crippen LogP contribution in [-0.2, 0) is 4.79 Å². The Bertz CT molecular complexity index is 716. The number of rotatable bonds is 2. The van der Waals surface area contributed by atoms with Crippen molar-refractivity contribution in [3.63, 3.8) is 0 Å². The molecule has 1 amide bonds. The lowest BCUT2D eigenvalue weighted by Crippen LogP contribution is -2.30. The SMILES string of the molecule is NC(=S)c1cnc2ccccc2c1N1CCNC(=O)CC1. The standard InChI is InChI=1S/C15H16N4OS/c16-15(21)11-9-18-12-4-2-1-3-10(12)14(11)19-7-5-13(20)17-6-8-19/h1-4,9H,5-8H2,(H2,16,21)(H,17,20). The normalized spacial score (nSPS) is 15.6. The van der Waals surface area contributed by atoms with Crippen LogP contribution in [0.3, 0.4) is 0 Å². The number of thiocarbonyl (C=S) groups is 1. The van der Waals surface area contributed by atoms with E-state index in [9.17, 15) is 4.79 Å². The fraction of sp³-hybridized carbons (Fsp3) is 0.267. The van der Waals surface area contributed by atoms with Gasteiger partial charge in [-0.2, -0.15) is 0 Å². The van der Waals surface area contributed by atoms with Crippen molar-refractivity contribution in [2.45, 2.75) is 6.42 Å². The molecule has 2 aromatic rings. The lowest BCUT2D eigenvalue weighted by Gasteiger charge is -2.26. The first-order valence-electron chi connectivity index (χ1n) is 6.86. The van der Waals surface area contributed by atoms with E-state index < -0.39 is 0 Å². The summed E-state index contributed by atoms with van der Waals surface area (Å²) in [6, 6.07) is 7.90. The second-order valence-corrected chi connectivity index (χ2v) is 5.43. The summed E-state index contributed by atoms with van der Waals surface area (Å²) in [6.07, 6.45) is 2.19. The third kappa shape index (κ3) is 2.67. The number of nitrogens with one attached hydrogen (secondary N) is 1. The Morgan fingerprint density at radius 2 is 2.14 bits per heavy atom. The van der Waals surface area contributed by atoms with Crippen LogP contribution in [0.2, 0.25) is 0 Å². The number of amides is 1. The van der Waals surface area contributed by atoms with Gasteiger partial charge < -0.3 is 16.0 Å². The van der Waals surface area contributed by atoms with E-state index in [2.05, 4.69) is 15.2 Å². The van der Waals surface area contributed by atoms with Crippen molar-refractivity contribution in [2.75, 3.05) is 24.5 Å². The number of para-hydroxylation sites is 1. The number of hydrogen-bond donors (Lipinski definition) is 2. The number of anilines is 1. The van der Waals surface area contributed by atoms with E-state index in [1.165, 1.54) is 0 Å². The van der Waals surface area contributed by atoms with Gasteiger partial charge in [-0.25, -0.2) is 0 Å². The van der Waals surface area contributed by atoms with Crippen LogP contribution in [0.4, 0.5) is 5.69 Å². The summed E-state index contributed by atoms with van der Waals surface area (Å²) in [6.45, 7) is 2.00. The molecule has 0 spiro atoms. The van der Waals surface area contributed by atoms with Crippen molar-refractivity contribution in [3.8, 4) is 0 Å². The molecule has 2 heterocycles. The Hall–Kier alpha value is -2.21. The molecule has 3 N–H and O–H groups in total. The monoisotopic (exact) mass is 300 g/mol. The second kappa shape index (κ2) is 5.65. The van der Waals surface area contributed by atoms with Crippen molar-refractivity contribution in [1.29, 1.82) is 0 Å². The van der Waals surface area contributed by atoms with Gasteiger partial charge in [0.05, 0.1) is 16.8 Å². The average molecular weight is 300 g/mol. The highest BCUT2D eigenvalue weighted by atomic mass is 32.1. The molecule has 1 aliphatic heterocycles. The van der Waals surface area contributed by atoms with Gasteiger partial charge in [0.25, 0.3) is 0 Å². The molecule has 0 aliphatic carbocycles. The van der Waals surface area contributed by atoms with Crippen molar-refractivity contribution in [3.05, 3.63) is 36.0 Å². The average Bonchev–Trinajstić information content (AvgIpc) is 2.70. The van der Waals surface area contributed by atoms with Gasteiger partial charge in [-0.05, 0) is 6.07 Å². The number of fused-ring (bicyclic) bond motifs is 1. The van der Waals surface area contributed by atoms with Crippen LogP contribution in [-0.4, -0.2) is 35.5 Å². The molecule has 6 heteroatoms. The van der Waals surface area contributed by atoms with E-state index >= 15 is 0 Å². The highest BCUT2D eigenvalue weighted by Crippen LogP contribution is 2.30. The second-order valence-electron chi connectivity index (χ2n) is 4.99. The van der Waals surface area contributed by atoms with E-state index in [0.717, 1.165) is 28.7 Å². The summed E-state index contributed by atoms with van der Waals surface area (Å²) in [5, 5.41) is 3.89. The fourth-order valence-electron chi connectivity index (χ4n) is 2.64. The largest absolute Gasteiger partial charge is 0.389 e. The molecule has 1 aromatic heterocycles. The van der Waals surface area contributed by atoms with Gasteiger partial charge in [-0.15, -0.1) is 0 Å². The Morgan fingerprint density at radius 3 is 2.95 bits per heavy atom. The number of nitrogens with two attached hydrogens (primary N) is 1. The molecule has 0 atom stereocenters. The minimum absolute atomic E-state index is 0.0766. The Balaban J connectivity index is 2.15. The molecule has 1 fully saturated rings. The van der Waals surface area contributed by atoms with E-state index in [1.54, 1.807) is 6.20 Å². The van der Waals surface area contributed by atoms with Gasteiger partial charge >= 0.3 is 0 Å². The highest BCUT2D eigenvalue weighted by molar-refractivity contribution is 7.80. The van der Waals surface area contributed by atoms with Crippen molar-refractivity contribution in [1.82, 2.24) is 10.3 Å². The number of benzene rings is 1. The van der Waals surface area contributed by atoms with Crippen LogP contribution in [0.15, 0.2) is 30.5 Å². The van der Waals surface area contributed by atoms with Crippen LogP contribution in [0.25, 0.3) is 10.9 Å². The fourth-order valence-corrected chi connectivity index (χ4v) is 2.79. The third-order valence-electron chi connectivity index (χ3n) is 3.64. The smallest absolute Gasteiger partial charge is 0.221 e. The number of carbonyl (C=O) groups excluding carboxylic acids is 1. The van der Waals surface area contributed by atoms with Gasteiger partial charge in [0.2, 0.25) is 5.91 Å². The zero-order valence-corrected chi connectivity index (χ0v) is 12.3. The number of hydrogen-bond acceptors (Lipinski definition) is 4. The van der Waals surface area contributed by atoms with E-state index in [0.29, 0.717) is 24.5 Å². The molecule has 5 nitrogen and oxygen atoms in total. The summed E-state index contributed by atoms with van der Waals surface area (Å²) >= 11 is 5.17. The quantitative estimate of drug-likeness (QED) is 0.815. The van der Waals surface area contributed by atoms with Crippen molar-refractivity contribution < 1.29 is 4.79 Å². The number of aromatic nitrogens is 1. The summed E-state index contributed by atoms with van der Waals surface area (Å²) < 4.78 is 0. The molecule has 1 aliphatic rings. The molecule has 1 saturated heterocycles. The van der Waals surface area contributed by atoms with E-state index in [1.807, 2.05) is 24.3 Å². The lowest BCUT2D eigenvalue weighted by atomic mass is 10.1. The van der Waals surface area contributed by atoms with Crippen LogP contribution in [0.5, 0.6) is 0 Å². The number of nitrogens with zero attached hydrogens (tertiary/aromatic N) is 2. The molecule has 0 bridgehead atoms. The molecular formula is C15H16N4OS. The summed E-state index contributed by atoms with van der Waals surface area (Å²) in [5.74, 6) is 0.0766. The molecule has 108 valence electrons. The van der Waals surface area contributed by atoms with E-state index in [4.69, 9.17) is 18.0 Å². The molecule has 0 radical (unpaired) electrons. The van der Waals surface area contributed by atoms with Gasteiger partial charge in [-0.1, -0.05) is 30.4 Å². The van der Waals surface area contributed by atoms with Crippen LogP contribution >= 0.6 is 12.2 Å². The zero-order chi connectivity index (χ0) is 14.8. The minimum atomic E-state index is 0.0766. The Morgan fingerprint density at radius 1 is 1.33 bits per heavy atom. The molecule has 0 saturated carbocycles. The first kappa shape index (κ1) is 13.8. The van der Waals surface area contributed by atoms with Gasteiger partial charge in [0, 0.05) is 37.6 Å². The van der Waals surface area contributed by atoms with Gasteiger partial charge in [-0.3, -0.25) is 9.78 Å². The third-order valence-corrected chi connectivity index (χ3v) is 3.86. The summed E-state index contributed by atoms with van der Waals surface area (Å²) in [7, 11) is 0. The number of carbonyl (C=O) groups is 1. The van der Waals surface area contributed by atoms with Crippen LogP contribution in [0, 0.1) is 0 Å².